The van der Waals surface area contributed by atoms with Gasteiger partial charge in [0.2, 0.25) is 0 Å². The second kappa shape index (κ2) is 4.62. The number of unbranched alkanes of at least 4 members (excludes halogenated alkanes) is 1. The number of rotatable bonds is 4. The van der Waals surface area contributed by atoms with Gasteiger partial charge in [-0.05, 0) is 18.9 Å². The van der Waals surface area contributed by atoms with Crippen molar-refractivity contribution in [1.29, 1.82) is 0 Å². The van der Waals surface area contributed by atoms with Gasteiger partial charge in [-0.25, -0.2) is 4.98 Å². The third-order valence-electron chi connectivity index (χ3n) is 2.56. The Morgan fingerprint density at radius 3 is 3.00 bits per heavy atom. The van der Waals surface area contributed by atoms with E-state index in [1.807, 2.05) is 19.3 Å². The fourth-order valence-corrected chi connectivity index (χ4v) is 1.88. The van der Waals surface area contributed by atoms with Gasteiger partial charge in [-0.2, -0.15) is 0 Å². The minimum Gasteiger partial charge on any atom is -0.330 e. The first-order valence-electron chi connectivity index (χ1n) is 5.14. The second-order valence-corrected chi connectivity index (χ2v) is 3.98. The van der Waals surface area contributed by atoms with Gasteiger partial charge in [-0.3, -0.25) is 4.98 Å². The van der Waals surface area contributed by atoms with E-state index in [-0.39, 0.29) is 0 Å². The van der Waals surface area contributed by atoms with Crippen LogP contribution in [0.4, 0.5) is 0 Å². The zero-order chi connectivity index (χ0) is 10.7. The van der Waals surface area contributed by atoms with Crippen LogP contribution in [0.25, 0.3) is 11.0 Å². The largest absolute Gasteiger partial charge is 0.330 e. The second-order valence-electron chi connectivity index (χ2n) is 3.60. The van der Waals surface area contributed by atoms with Crippen molar-refractivity contribution in [2.75, 3.05) is 5.88 Å². The Morgan fingerprint density at radius 1 is 1.40 bits per heavy atom. The van der Waals surface area contributed by atoms with E-state index in [4.69, 9.17) is 11.6 Å². The molecule has 0 fully saturated rings. The monoisotopic (exact) mass is 223 g/mol. The van der Waals surface area contributed by atoms with Crippen LogP contribution in [0.1, 0.15) is 18.7 Å². The van der Waals surface area contributed by atoms with E-state index >= 15 is 0 Å². The number of aromatic nitrogens is 3. The molecule has 0 atom stereocenters. The Kier molecular flexibility index (Phi) is 3.21. The van der Waals surface area contributed by atoms with Crippen LogP contribution in [0.2, 0.25) is 0 Å². The van der Waals surface area contributed by atoms with Crippen molar-refractivity contribution in [2.24, 2.45) is 7.05 Å². The highest BCUT2D eigenvalue weighted by molar-refractivity contribution is 6.17. The topological polar surface area (TPSA) is 30.7 Å². The summed E-state index contributed by atoms with van der Waals surface area (Å²) in [5.41, 5.74) is 2.12. The molecule has 0 N–H and O–H groups in total. The van der Waals surface area contributed by atoms with E-state index in [1.54, 1.807) is 6.20 Å². The Hall–Kier alpha value is -1.09. The summed E-state index contributed by atoms with van der Waals surface area (Å²) in [6.45, 7) is 0. The maximum Gasteiger partial charge on any atom is 0.109 e. The van der Waals surface area contributed by atoms with Crippen LogP contribution < -0.4 is 0 Å². The first-order chi connectivity index (χ1) is 7.33. The number of pyridine rings is 1. The minimum absolute atomic E-state index is 0.728. The molecule has 0 unspecified atom stereocenters. The zero-order valence-corrected chi connectivity index (χ0v) is 9.54. The van der Waals surface area contributed by atoms with Crippen LogP contribution >= 0.6 is 11.6 Å². The smallest absolute Gasteiger partial charge is 0.109 e. The number of aryl methyl sites for hydroxylation is 2. The van der Waals surface area contributed by atoms with Crippen molar-refractivity contribution in [3.63, 3.8) is 0 Å². The Labute approximate surface area is 94.1 Å². The predicted molar refractivity (Wildman–Crippen MR) is 62.2 cm³/mol. The molecule has 2 rings (SSSR count). The van der Waals surface area contributed by atoms with Gasteiger partial charge in [0.1, 0.15) is 5.82 Å². The number of halogens is 1. The Balaban J connectivity index is 2.24. The molecule has 0 amide bonds. The van der Waals surface area contributed by atoms with Gasteiger partial charge in [0.15, 0.2) is 0 Å². The molecule has 0 saturated heterocycles. The summed E-state index contributed by atoms with van der Waals surface area (Å²) >= 11 is 5.65. The lowest BCUT2D eigenvalue weighted by Crippen LogP contribution is -1.98. The number of hydrogen-bond acceptors (Lipinski definition) is 2. The summed E-state index contributed by atoms with van der Waals surface area (Å²) in [5.74, 6) is 1.84. The average Bonchev–Trinajstić information content (AvgIpc) is 2.57. The number of imidazole rings is 1. The van der Waals surface area contributed by atoms with Crippen molar-refractivity contribution in [1.82, 2.24) is 14.5 Å². The summed E-state index contributed by atoms with van der Waals surface area (Å²) < 4.78 is 2.11. The van der Waals surface area contributed by atoms with Crippen molar-refractivity contribution in [3.05, 3.63) is 24.3 Å². The molecule has 0 aliphatic heterocycles. The number of alkyl halides is 1. The van der Waals surface area contributed by atoms with E-state index < -0.39 is 0 Å². The van der Waals surface area contributed by atoms with E-state index in [0.717, 1.165) is 42.0 Å². The molecule has 4 heteroatoms. The highest BCUT2D eigenvalue weighted by Gasteiger charge is 2.06. The van der Waals surface area contributed by atoms with E-state index in [2.05, 4.69) is 14.5 Å². The van der Waals surface area contributed by atoms with E-state index in [9.17, 15) is 0 Å². The lowest BCUT2D eigenvalue weighted by atomic mass is 10.2. The lowest BCUT2D eigenvalue weighted by Gasteiger charge is -2.00. The molecule has 80 valence electrons. The Morgan fingerprint density at radius 2 is 2.27 bits per heavy atom. The quantitative estimate of drug-likeness (QED) is 0.589. The normalized spacial score (nSPS) is 11.1. The molecule has 0 spiro atoms. The minimum atomic E-state index is 0.728. The summed E-state index contributed by atoms with van der Waals surface area (Å²) in [7, 11) is 2.03. The van der Waals surface area contributed by atoms with E-state index in [0.29, 0.717) is 0 Å². The van der Waals surface area contributed by atoms with Crippen LogP contribution in [0, 0.1) is 0 Å². The molecular formula is C11H14ClN3. The molecule has 15 heavy (non-hydrogen) atoms. The third-order valence-corrected chi connectivity index (χ3v) is 2.83. The molecule has 2 aromatic rings. The van der Waals surface area contributed by atoms with E-state index in [1.165, 1.54) is 0 Å². The fourth-order valence-electron chi connectivity index (χ4n) is 1.69. The zero-order valence-electron chi connectivity index (χ0n) is 8.78. The molecule has 0 aliphatic carbocycles. The molecule has 2 aromatic heterocycles. The molecule has 0 radical (unpaired) electrons. The van der Waals surface area contributed by atoms with Gasteiger partial charge in [0, 0.05) is 25.5 Å². The highest BCUT2D eigenvalue weighted by Crippen LogP contribution is 2.14. The molecule has 0 aliphatic rings. The van der Waals surface area contributed by atoms with Crippen molar-refractivity contribution >= 4 is 22.6 Å². The standard InChI is InChI=1S/C11H14ClN3/c1-15-10-8-13-7-5-9(10)14-11(15)4-2-3-6-12/h5,7-8H,2-4,6H2,1H3. The van der Waals surface area contributed by atoms with Gasteiger partial charge >= 0.3 is 0 Å². The predicted octanol–water partition coefficient (Wildman–Crippen LogP) is 2.53. The summed E-state index contributed by atoms with van der Waals surface area (Å²) in [4.78, 5) is 8.67. The first-order valence-corrected chi connectivity index (χ1v) is 5.67. The highest BCUT2D eigenvalue weighted by atomic mass is 35.5. The first kappa shape index (κ1) is 10.4. The molecule has 0 saturated carbocycles. The molecule has 0 bridgehead atoms. The number of fused-ring (bicyclic) bond motifs is 1. The third kappa shape index (κ3) is 2.12. The average molecular weight is 224 g/mol. The van der Waals surface area contributed by atoms with Crippen LogP contribution in [-0.2, 0) is 13.5 Å². The lowest BCUT2D eigenvalue weighted by molar-refractivity contribution is 0.722. The maximum atomic E-state index is 5.65. The molecule has 0 aromatic carbocycles. The van der Waals surface area contributed by atoms with Gasteiger partial charge in [-0.15, -0.1) is 11.6 Å². The molecular weight excluding hydrogens is 210 g/mol. The van der Waals surface area contributed by atoms with Crippen molar-refractivity contribution < 1.29 is 0 Å². The van der Waals surface area contributed by atoms with Gasteiger partial charge in [-0.1, -0.05) is 0 Å². The molecule has 2 heterocycles. The Bertz CT molecular complexity index is 450. The van der Waals surface area contributed by atoms with Crippen molar-refractivity contribution in [2.45, 2.75) is 19.3 Å². The maximum absolute atomic E-state index is 5.65. The van der Waals surface area contributed by atoms with Gasteiger partial charge in [0.25, 0.3) is 0 Å². The fraction of sp³-hybridized carbons (Fsp3) is 0.455. The van der Waals surface area contributed by atoms with Crippen LogP contribution in [0.5, 0.6) is 0 Å². The summed E-state index contributed by atoms with van der Waals surface area (Å²) in [6, 6.07) is 1.94. The summed E-state index contributed by atoms with van der Waals surface area (Å²) in [5, 5.41) is 0. The summed E-state index contributed by atoms with van der Waals surface area (Å²) in [6.07, 6.45) is 6.75. The SMILES string of the molecule is Cn1c(CCCCCl)nc2ccncc21. The van der Waals surface area contributed by atoms with Gasteiger partial charge in [0.05, 0.1) is 17.2 Å². The van der Waals surface area contributed by atoms with Crippen LogP contribution in [-0.4, -0.2) is 20.4 Å². The van der Waals surface area contributed by atoms with Crippen LogP contribution in [0.15, 0.2) is 18.5 Å². The number of nitrogens with zero attached hydrogens (tertiary/aromatic N) is 3. The molecule has 3 nitrogen and oxygen atoms in total. The number of hydrogen-bond donors (Lipinski definition) is 0. The van der Waals surface area contributed by atoms with Crippen molar-refractivity contribution in [3.8, 4) is 0 Å². The van der Waals surface area contributed by atoms with Crippen LogP contribution in [0.3, 0.4) is 0 Å². The van der Waals surface area contributed by atoms with Gasteiger partial charge < -0.3 is 4.57 Å².